The van der Waals surface area contributed by atoms with Crippen LogP contribution < -0.4 is 0 Å². The van der Waals surface area contributed by atoms with Crippen LogP contribution in [0.25, 0.3) is 0 Å². The standard InChI is InChI=1S/C17H25ClO2/c1-3-5-7-8-14(19)11-10-13-12-16(18)17(20)15(13)9-6-4-2/h9-14,19H,3-8H2,1-2H3. The lowest BCUT2D eigenvalue weighted by Crippen LogP contribution is -2.05. The Morgan fingerprint density at radius 3 is 2.75 bits per heavy atom. The van der Waals surface area contributed by atoms with E-state index >= 15 is 0 Å². The average Bonchev–Trinajstić information content (AvgIpc) is 2.70. The van der Waals surface area contributed by atoms with Gasteiger partial charge < -0.3 is 5.11 Å². The molecule has 0 radical (unpaired) electrons. The summed E-state index contributed by atoms with van der Waals surface area (Å²) < 4.78 is 0. The fraction of sp³-hybridized carbons (Fsp3) is 0.588. The molecule has 2 unspecified atom stereocenters. The quantitative estimate of drug-likeness (QED) is 0.406. The van der Waals surface area contributed by atoms with Crippen LogP contribution in [0.1, 0.15) is 52.4 Å². The SMILES string of the molecule is CCCC=C1C(=O)C(Cl)=CC1C=CC(O)CCCCC. The molecule has 1 rings (SSSR count). The molecule has 0 amide bonds. The average molecular weight is 297 g/mol. The van der Waals surface area contributed by atoms with Gasteiger partial charge in [-0.1, -0.05) is 75.4 Å². The highest BCUT2D eigenvalue weighted by Crippen LogP contribution is 2.30. The number of Topliss-reactive ketones (excluding diaryl/α,β-unsaturated/α-hetero) is 1. The molecule has 0 aromatic carbocycles. The predicted molar refractivity (Wildman–Crippen MR) is 84.7 cm³/mol. The third-order valence-electron chi connectivity index (χ3n) is 3.46. The first-order valence-corrected chi connectivity index (χ1v) is 7.96. The molecule has 0 heterocycles. The first kappa shape index (κ1) is 17.2. The smallest absolute Gasteiger partial charge is 0.200 e. The zero-order valence-corrected chi connectivity index (χ0v) is 13.2. The lowest BCUT2D eigenvalue weighted by Gasteiger charge is -2.08. The molecule has 112 valence electrons. The van der Waals surface area contributed by atoms with Crippen LogP contribution in [0.5, 0.6) is 0 Å². The number of hydrogen-bond donors (Lipinski definition) is 1. The molecule has 0 aliphatic heterocycles. The number of aliphatic hydroxyl groups is 1. The number of hydrogen-bond acceptors (Lipinski definition) is 2. The van der Waals surface area contributed by atoms with E-state index in [1.165, 1.54) is 0 Å². The Kier molecular flexibility index (Phi) is 7.86. The van der Waals surface area contributed by atoms with Gasteiger partial charge in [0.05, 0.1) is 11.1 Å². The highest BCUT2D eigenvalue weighted by molar-refractivity contribution is 6.46. The Morgan fingerprint density at radius 2 is 2.10 bits per heavy atom. The van der Waals surface area contributed by atoms with Crippen molar-refractivity contribution >= 4 is 17.4 Å². The van der Waals surface area contributed by atoms with Crippen LogP contribution in [-0.2, 0) is 4.79 Å². The van der Waals surface area contributed by atoms with Gasteiger partial charge in [0.25, 0.3) is 0 Å². The number of rotatable bonds is 8. The van der Waals surface area contributed by atoms with Crippen molar-refractivity contribution in [2.75, 3.05) is 0 Å². The Morgan fingerprint density at radius 1 is 1.35 bits per heavy atom. The van der Waals surface area contributed by atoms with E-state index in [0.717, 1.165) is 44.1 Å². The molecule has 0 spiro atoms. The molecule has 1 aliphatic rings. The second-order valence-corrected chi connectivity index (χ2v) is 5.67. The maximum Gasteiger partial charge on any atom is 0.200 e. The van der Waals surface area contributed by atoms with Crippen LogP contribution in [-0.4, -0.2) is 17.0 Å². The molecule has 0 aromatic rings. The first-order chi connectivity index (χ1) is 9.60. The molecular formula is C17H25ClO2. The van der Waals surface area contributed by atoms with E-state index in [0.29, 0.717) is 5.03 Å². The summed E-state index contributed by atoms with van der Waals surface area (Å²) in [5.74, 6) is -0.155. The lowest BCUT2D eigenvalue weighted by atomic mass is 9.98. The zero-order valence-electron chi connectivity index (χ0n) is 12.4. The van der Waals surface area contributed by atoms with E-state index in [9.17, 15) is 9.90 Å². The second kappa shape index (κ2) is 9.15. The van der Waals surface area contributed by atoms with E-state index in [1.54, 1.807) is 12.2 Å². The van der Waals surface area contributed by atoms with Crippen LogP contribution in [0.4, 0.5) is 0 Å². The summed E-state index contributed by atoms with van der Waals surface area (Å²) >= 11 is 5.92. The third-order valence-corrected chi connectivity index (χ3v) is 3.76. The van der Waals surface area contributed by atoms with Gasteiger partial charge in [-0.3, -0.25) is 4.79 Å². The van der Waals surface area contributed by atoms with Crippen LogP contribution >= 0.6 is 11.6 Å². The summed E-state index contributed by atoms with van der Waals surface area (Å²) in [4.78, 5) is 11.9. The van der Waals surface area contributed by atoms with Gasteiger partial charge in [0.1, 0.15) is 0 Å². The zero-order chi connectivity index (χ0) is 15.0. The fourth-order valence-electron chi connectivity index (χ4n) is 2.25. The Hall–Kier alpha value is -0.860. The van der Waals surface area contributed by atoms with Crippen molar-refractivity contribution in [1.82, 2.24) is 0 Å². The number of unbranched alkanes of at least 4 members (excludes halogenated alkanes) is 3. The molecular weight excluding hydrogens is 272 g/mol. The molecule has 2 atom stereocenters. The maximum atomic E-state index is 11.9. The van der Waals surface area contributed by atoms with Gasteiger partial charge in [0, 0.05) is 11.5 Å². The third kappa shape index (κ3) is 5.26. The van der Waals surface area contributed by atoms with E-state index in [1.807, 2.05) is 12.2 Å². The molecule has 0 aromatic heterocycles. The lowest BCUT2D eigenvalue weighted by molar-refractivity contribution is -0.111. The molecule has 0 bridgehead atoms. The second-order valence-electron chi connectivity index (χ2n) is 5.27. The number of aliphatic hydroxyl groups excluding tert-OH is 1. The Bertz CT molecular complexity index is 407. The first-order valence-electron chi connectivity index (χ1n) is 7.58. The largest absolute Gasteiger partial charge is 0.389 e. The topological polar surface area (TPSA) is 37.3 Å². The van der Waals surface area contributed by atoms with Gasteiger partial charge in [-0.2, -0.15) is 0 Å². The Labute approximate surface area is 127 Å². The fourth-order valence-corrected chi connectivity index (χ4v) is 2.49. The summed E-state index contributed by atoms with van der Waals surface area (Å²) in [7, 11) is 0. The molecule has 1 N–H and O–H groups in total. The van der Waals surface area contributed by atoms with E-state index in [4.69, 9.17) is 11.6 Å². The monoisotopic (exact) mass is 296 g/mol. The van der Waals surface area contributed by atoms with Crippen LogP contribution in [0.3, 0.4) is 0 Å². The van der Waals surface area contributed by atoms with Crippen LogP contribution in [0.2, 0.25) is 0 Å². The molecule has 1 aliphatic carbocycles. The highest BCUT2D eigenvalue weighted by atomic mass is 35.5. The number of carbonyl (C=O) groups is 1. The normalized spacial score (nSPS) is 22.8. The summed E-state index contributed by atoms with van der Waals surface area (Å²) in [6.45, 7) is 4.22. The van der Waals surface area contributed by atoms with E-state index < -0.39 is 6.10 Å². The van der Waals surface area contributed by atoms with Crippen molar-refractivity contribution < 1.29 is 9.90 Å². The van der Waals surface area contributed by atoms with Crippen LogP contribution in [0, 0.1) is 5.92 Å². The van der Waals surface area contributed by atoms with Gasteiger partial charge in [0.2, 0.25) is 5.78 Å². The van der Waals surface area contributed by atoms with Crippen molar-refractivity contribution in [3.05, 3.63) is 34.9 Å². The van der Waals surface area contributed by atoms with Gasteiger partial charge in [0.15, 0.2) is 0 Å². The summed E-state index contributed by atoms with van der Waals surface area (Å²) in [6, 6.07) is 0. The maximum absolute atomic E-state index is 11.9. The summed E-state index contributed by atoms with van der Waals surface area (Å²) in [5.41, 5.74) is 0.744. The molecule has 0 fully saturated rings. The van der Waals surface area contributed by atoms with Crippen molar-refractivity contribution in [3.8, 4) is 0 Å². The van der Waals surface area contributed by atoms with E-state index in [2.05, 4.69) is 13.8 Å². The number of ketones is 1. The molecule has 3 heteroatoms. The Balaban J connectivity index is 2.62. The number of allylic oxidation sites excluding steroid dienone is 5. The summed E-state index contributed by atoms with van der Waals surface area (Å²) in [6.07, 6.45) is 13.0. The predicted octanol–water partition coefficient (Wildman–Crippen LogP) is 4.53. The minimum absolute atomic E-state index is 0.0739. The molecule has 0 saturated carbocycles. The van der Waals surface area contributed by atoms with Gasteiger partial charge >= 0.3 is 0 Å². The molecule has 0 saturated heterocycles. The molecule has 20 heavy (non-hydrogen) atoms. The van der Waals surface area contributed by atoms with Crippen molar-refractivity contribution in [2.24, 2.45) is 5.92 Å². The van der Waals surface area contributed by atoms with Crippen molar-refractivity contribution in [3.63, 3.8) is 0 Å². The van der Waals surface area contributed by atoms with Gasteiger partial charge in [-0.25, -0.2) is 0 Å². The van der Waals surface area contributed by atoms with Crippen LogP contribution in [0.15, 0.2) is 34.9 Å². The summed E-state index contributed by atoms with van der Waals surface area (Å²) in [5, 5.41) is 10.2. The highest BCUT2D eigenvalue weighted by Gasteiger charge is 2.26. The van der Waals surface area contributed by atoms with E-state index in [-0.39, 0.29) is 11.7 Å². The van der Waals surface area contributed by atoms with Crippen molar-refractivity contribution in [1.29, 1.82) is 0 Å². The number of carbonyl (C=O) groups excluding carboxylic acids is 1. The van der Waals surface area contributed by atoms with Crippen molar-refractivity contribution in [2.45, 2.75) is 58.5 Å². The molecule has 2 nitrogen and oxygen atoms in total. The minimum atomic E-state index is -0.433. The minimum Gasteiger partial charge on any atom is -0.389 e. The van der Waals surface area contributed by atoms with Gasteiger partial charge in [-0.05, 0) is 12.8 Å². The number of halogens is 1. The van der Waals surface area contributed by atoms with Gasteiger partial charge in [-0.15, -0.1) is 0 Å².